The van der Waals surface area contributed by atoms with Gasteiger partial charge in [-0.05, 0) is 25.5 Å². The monoisotopic (exact) mass is 353 g/mol. The van der Waals surface area contributed by atoms with Crippen LogP contribution in [0, 0.1) is 13.8 Å². The fourth-order valence-corrected chi connectivity index (χ4v) is 3.19. The molecule has 8 nitrogen and oxygen atoms in total. The Morgan fingerprint density at radius 1 is 1.20 bits per heavy atom. The Bertz CT molecular complexity index is 1060. The van der Waals surface area contributed by atoms with E-state index in [9.17, 15) is 4.79 Å². The van der Waals surface area contributed by atoms with Crippen LogP contribution in [0.4, 0.5) is 16.6 Å². The minimum Gasteiger partial charge on any atom is -0.320 e. The van der Waals surface area contributed by atoms with Crippen LogP contribution in [0.5, 0.6) is 0 Å². The smallest absolute Gasteiger partial charge is 0.267 e. The molecule has 0 atom stereocenters. The molecule has 0 fully saturated rings. The topological polar surface area (TPSA) is 111 Å². The van der Waals surface area contributed by atoms with Crippen LogP contribution in [0.3, 0.4) is 0 Å². The lowest BCUT2D eigenvalue weighted by Crippen LogP contribution is -2.11. The Kier molecular flexibility index (Phi) is 3.69. The highest BCUT2D eigenvalue weighted by molar-refractivity contribution is 7.17. The van der Waals surface area contributed by atoms with Gasteiger partial charge < -0.3 is 10.6 Å². The highest BCUT2D eigenvalue weighted by atomic mass is 32.1. The van der Waals surface area contributed by atoms with Crippen LogP contribution in [0.25, 0.3) is 10.9 Å². The first kappa shape index (κ1) is 15.3. The highest BCUT2D eigenvalue weighted by Gasteiger charge is 2.15. The third-order valence-electron chi connectivity index (χ3n) is 3.86. The molecule has 0 aliphatic heterocycles. The van der Waals surface area contributed by atoms with Crippen LogP contribution >= 0.6 is 11.3 Å². The zero-order chi connectivity index (χ0) is 17.4. The molecule has 4 N–H and O–H groups in total. The van der Waals surface area contributed by atoms with Gasteiger partial charge in [-0.1, -0.05) is 17.4 Å². The van der Waals surface area contributed by atoms with Crippen molar-refractivity contribution in [2.75, 3.05) is 10.6 Å². The molecule has 9 heteroatoms. The van der Waals surface area contributed by atoms with E-state index in [-0.39, 0.29) is 5.91 Å². The van der Waals surface area contributed by atoms with E-state index in [1.165, 1.54) is 11.3 Å². The summed E-state index contributed by atoms with van der Waals surface area (Å²) in [6, 6.07) is 3.88. The minimum atomic E-state index is -0.207. The quantitative estimate of drug-likeness (QED) is 0.449. The number of rotatable bonds is 4. The number of amides is 1. The van der Waals surface area contributed by atoms with Gasteiger partial charge in [-0.2, -0.15) is 10.2 Å². The molecule has 0 spiro atoms. The SMILES string of the molecule is Cc1c[nH]nc1Nc1ncc(C(=O)Nc2c(C)ccc3[nH]ncc23)s1. The molecular formula is C16H15N7OS. The van der Waals surface area contributed by atoms with Crippen molar-refractivity contribution < 1.29 is 4.79 Å². The molecule has 0 saturated heterocycles. The molecular weight excluding hydrogens is 338 g/mol. The minimum absolute atomic E-state index is 0.207. The zero-order valence-electron chi connectivity index (χ0n) is 13.5. The van der Waals surface area contributed by atoms with Gasteiger partial charge in [0.05, 0.1) is 23.6 Å². The molecule has 0 radical (unpaired) electrons. The third kappa shape index (κ3) is 2.85. The predicted octanol–water partition coefficient (Wildman–Crippen LogP) is 3.36. The van der Waals surface area contributed by atoms with Gasteiger partial charge in [0.1, 0.15) is 4.88 Å². The van der Waals surface area contributed by atoms with Gasteiger partial charge in [-0.15, -0.1) is 0 Å². The third-order valence-corrected chi connectivity index (χ3v) is 4.77. The Hall–Kier alpha value is -3.20. The number of H-pyrrole nitrogens is 2. The second-order valence-electron chi connectivity index (χ2n) is 5.61. The summed E-state index contributed by atoms with van der Waals surface area (Å²) in [6.45, 7) is 3.88. The Balaban J connectivity index is 1.56. The van der Waals surface area contributed by atoms with E-state index in [2.05, 4.69) is 36.0 Å². The summed E-state index contributed by atoms with van der Waals surface area (Å²) < 4.78 is 0. The first-order valence-electron chi connectivity index (χ1n) is 7.59. The number of thiazole rings is 1. The molecule has 1 aromatic carbocycles. The predicted molar refractivity (Wildman–Crippen MR) is 97.5 cm³/mol. The van der Waals surface area contributed by atoms with Crippen molar-refractivity contribution >= 4 is 44.8 Å². The van der Waals surface area contributed by atoms with E-state index >= 15 is 0 Å². The van der Waals surface area contributed by atoms with Crippen molar-refractivity contribution in [1.82, 2.24) is 25.4 Å². The van der Waals surface area contributed by atoms with Gasteiger partial charge in [0.25, 0.3) is 5.91 Å². The van der Waals surface area contributed by atoms with E-state index in [1.54, 1.807) is 18.6 Å². The number of hydrogen-bond donors (Lipinski definition) is 4. The number of anilines is 3. The van der Waals surface area contributed by atoms with Gasteiger partial charge in [-0.3, -0.25) is 15.0 Å². The number of fused-ring (bicyclic) bond motifs is 1. The molecule has 3 heterocycles. The normalized spacial score (nSPS) is 11.0. The molecule has 126 valence electrons. The van der Waals surface area contributed by atoms with Gasteiger partial charge in [0.15, 0.2) is 10.9 Å². The van der Waals surface area contributed by atoms with Crippen molar-refractivity contribution in [2.45, 2.75) is 13.8 Å². The average Bonchev–Trinajstić information content (AvgIpc) is 3.32. The summed E-state index contributed by atoms with van der Waals surface area (Å²) in [7, 11) is 0. The Morgan fingerprint density at radius 3 is 2.88 bits per heavy atom. The maximum absolute atomic E-state index is 12.6. The van der Waals surface area contributed by atoms with Gasteiger partial charge >= 0.3 is 0 Å². The van der Waals surface area contributed by atoms with Gasteiger partial charge in [-0.25, -0.2) is 4.98 Å². The van der Waals surface area contributed by atoms with Crippen LogP contribution in [0.2, 0.25) is 0 Å². The van der Waals surface area contributed by atoms with Crippen molar-refractivity contribution in [3.63, 3.8) is 0 Å². The van der Waals surface area contributed by atoms with Crippen LogP contribution < -0.4 is 10.6 Å². The second kappa shape index (κ2) is 6.02. The largest absolute Gasteiger partial charge is 0.320 e. The van der Waals surface area contributed by atoms with E-state index < -0.39 is 0 Å². The van der Waals surface area contributed by atoms with Crippen molar-refractivity contribution in [3.8, 4) is 0 Å². The molecule has 4 aromatic rings. The van der Waals surface area contributed by atoms with Crippen LogP contribution in [-0.4, -0.2) is 31.3 Å². The molecule has 0 saturated carbocycles. The Morgan fingerprint density at radius 2 is 2.08 bits per heavy atom. The first-order chi connectivity index (χ1) is 12.1. The maximum atomic E-state index is 12.6. The number of hydrogen-bond acceptors (Lipinski definition) is 6. The number of nitrogens with one attached hydrogen (secondary N) is 4. The van der Waals surface area contributed by atoms with Crippen molar-refractivity contribution in [2.24, 2.45) is 0 Å². The number of nitrogens with zero attached hydrogens (tertiary/aromatic N) is 3. The van der Waals surface area contributed by atoms with E-state index in [4.69, 9.17) is 0 Å². The summed E-state index contributed by atoms with van der Waals surface area (Å²) >= 11 is 1.27. The van der Waals surface area contributed by atoms with Crippen LogP contribution in [0.15, 0.2) is 30.7 Å². The number of aromatic nitrogens is 5. The lowest BCUT2D eigenvalue weighted by molar-refractivity contribution is 0.103. The lowest BCUT2D eigenvalue weighted by atomic mass is 10.1. The fourth-order valence-electron chi connectivity index (χ4n) is 2.48. The number of benzene rings is 1. The number of carbonyl (C=O) groups excluding carboxylic acids is 1. The zero-order valence-corrected chi connectivity index (χ0v) is 14.4. The van der Waals surface area contributed by atoms with Crippen molar-refractivity contribution in [3.05, 3.63) is 46.7 Å². The molecule has 0 aliphatic carbocycles. The summed E-state index contributed by atoms with van der Waals surface area (Å²) in [5.41, 5.74) is 3.57. The van der Waals surface area contributed by atoms with E-state index in [1.807, 2.05) is 26.0 Å². The summed E-state index contributed by atoms with van der Waals surface area (Å²) in [6.07, 6.45) is 5.05. The van der Waals surface area contributed by atoms with Gasteiger partial charge in [0.2, 0.25) is 0 Å². The molecule has 0 aliphatic rings. The maximum Gasteiger partial charge on any atom is 0.267 e. The van der Waals surface area contributed by atoms with Gasteiger partial charge in [0, 0.05) is 17.1 Å². The van der Waals surface area contributed by atoms with Crippen molar-refractivity contribution in [1.29, 1.82) is 0 Å². The molecule has 4 rings (SSSR count). The first-order valence-corrected chi connectivity index (χ1v) is 8.41. The number of aromatic amines is 2. The second-order valence-corrected chi connectivity index (χ2v) is 6.64. The lowest BCUT2D eigenvalue weighted by Gasteiger charge is -2.08. The highest BCUT2D eigenvalue weighted by Crippen LogP contribution is 2.28. The fraction of sp³-hybridized carbons (Fsp3) is 0.125. The standard InChI is InChI=1S/C16H15N7OS/c1-8-3-4-11-10(6-19-22-11)13(8)20-15(24)12-7-17-16(25-12)21-14-9(2)5-18-23-14/h3-7H,1-2H3,(H,19,22)(H,20,24)(H2,17,18,21,23). The summed E-state index contributed by atoms with van der Waals surface area (Å²) in [5.74, 6) is 0.487. The molecule has 1 amide bonds. The molecule has 0 unspecified atom stereocenters. The number of aryl methyl sites for hydroxylation is 2. The molecule has 3 aromatic heterocycles. The molecule has 0 bridgehead atoms. The van der Waals surface area contributed by atoms with Crippen LogP contribution in [-0.2, 0) is 0 Å². The summed E-state index contributed by atoms with van der Waals surface area (Å²) in [4.78, 5) is 17.3. The van der Waals surface area contributed by atoms with E-state index in [0.717, 1.165) is 27.7 Å². The Labute approximate surface area is 146 Å². The average molecular weight is 353 g/mol. The van der Waals surface area contributed by atoms with Crippen LogP contribution in [0.1, 0.15) is 20.8 Å². The molecule has 25 heavy (non-hydrogen) atoms. The summed E-state index contributed by atoms with van der Waals surface area (Å²) in [5, 5.41) is 21.4. The number of carbonyl (C=O) groups is 1. The van der Waals surface area contributed by atoms with E-state index in [0.29, 0.717) is 15.8 Å².